The summed E-state index contributed by atoms with van der Waals surface area (Å²) >= 11 is 0. The van der Waals surface area contributed by atoms with E-state index in [9.17, 15) is 9.59 Å². The number of amides is 2. The summed E-state index contributed by atoms with van der Waals surface area (Å²) in [6.45, 7) is 0.219. The van der Waals surface area contributed by atoms with E-state index in [1.165, 1.54) is 4.90 Å². The van der Waals surface area contributed by atoms with E-state index in [-0.39, 0.29) is 18.4 Å². The molecule has 21 heavy (non-hydrogen) atoms. The van der Waals surface area contributed by atoms with Gasteiger partial charge in [-0.2, -0.15) is 0 Å². The van der Waals surface area contributed by atoms with Gasteiger partial charge in [0.2, 0.25) is 0 Å². The molecule has 2 aromatic carbocycles. The Morgan fingerprint density at radius 1 is 0.905 bits per heavy atom. The van der Waals surface area contributed by atoms with Crippen molar-refractivity contribution >= 4 is 17.5 Å². The van der Waals surface area contributed by atoms with Crippen LogP contribution in [0.15, 0.2) is 48.5 Å². The average Bonchev–Trinajstić information content (AvgIpc) is 2.78. The molecule has 2 N–H and O–H groups in total. The molecule has 0 aromatic heterocycles. The van der Waals surface area contributed by atoms with Crippen molar-refractivity contribution in [3.63, 3.8) is 0 Å². The maximum atomic E-state index is 12.5. The van der Waals surface area contributed by atoms with E-state index in [1.54, 1.807) is 42.5 Å². The van der Waals surface area contributed by atoms with E-state index in [1.807, 2.05) is 6.07 Å². The zero-order valence-electron chi connectivity index (χ0n) is 11.2. The number of hydrogen-bond donors (Lipinski definition) is 1. The van der Waals surface area contributed by atoms with Crippen LogP contribution in [0.3, 0.4) is 0 Å². The van der Waals surface area contributed by atoms with Gasteiger partial charge in [0.1, 0.15) is 0 Å². The van der Waals surface area contributed by atoms with Crippen molar-refractivity contribution in [2.24, 2.45) is 5.73 Å². The fourth-order valence-electron chi connectivity index (χ4n) is 2.33. The predicted octanol–water partition coefficient (Wildman–Crippen LogP) is 1.80. The third-order valence-corrected chi connectivity index (χ3v) is 3.26. The van der Waals surface area contributed by atoms with E-state index < -0.39 is 0 Å². The largest absolute Gasteiger partial charge is 0.320 e. The molecule has 2 aromatic rings. The average molecular weight is 276 g/mol. The number of carbonyl (C=O) groups excluding carboxylic acids is 2. The summed E-state index contributed by atoms with van der Waals surface area (Å²) in [5.41, 5.74) is 7.32. The lowest BCUT2D eigenvalue weighted by molar-refractivity contribution is 0.0926. The molecule has 0 saturated carbocycles. The van der Waals surface area contributed by atoms with Gasteiger partial charge in [0.05, 0.1) is 23.4 Å². The first kappa shape index (κ1) is 13.1. The molecule has 0 saturated heterocycles. The zero-order chi connectivity index (χ0) is 14.8. The Kier molecular flexibility index (Phi) is 3.27. The summed E-state index contributed by atoms with van der Waals surface area (Å²) in [5, 5.41) is 0. The molecule has 1 heterocycles. The molecule has 0 radical (unpaired) electrons. The van der Waals surface area contributed by atoms with Crippen LogP contribution in [-0.2, 0) is 0 Å². The Morgan fingerprint density at radius 2 is 1.48 bits per heavy atom. The van der Waals surface area contributed by atoms with E-state index >= 15 is 0 Å². The maximum absolute atomic E-state index is 12.5. The predicted molar refractivity (Wildman–Crippen MR) is 80.0 cm³/mol. The van der Waals surface area contributed by atoms with Gasteiger partial charge in [0.15, 0.2) is 0 Å². The standard InChI is InChI=1S/C17H12N2O2/c18-11-5-7-12-6-1-4-10-15(12)19-16(20)13-8-2-3-9-14(13)17(19)21/h1-4,6,8-10H,11,18H2. The molecule has 0 spiro atoms. The number of carbonyl (C=O) groups is 2. The second-order valence-corrected chi connectivity index (χ2v) is 4.51. The van der Waals surface area contributed by atoms with E-state index in [0.717, 1.165) is 0 Å². The molecule has 3 rings (SSSR count). The van der Waals surface area contributed by atoms with Crippen LogP contribution < -0.4 is 10.6 Å². The number of nitrogens with zero attached hydrogens (tertiary/aromatic N) is 1. The highest BCUT2D eigenvalue weighted by molar-refractivity contribution is 6.34. The van der Waals surface area contributed by atoms with Gasteiger partial charge in [-0.15, -0.1) is 0 Å². The van der Waals surface area contributed by atoms with E-state index in [2.05, 4.69) is 11.8 Å². The van der Waals surface area contributed by atoms with Gasteiger partial charge in [0, 0.05) is 5.56 Å². The fraction of sp³-hybridized carbons (Fsp3) is 0.0588. The highest BCUT2D eigenvalue weighted by atomic mass is 16.2. The highest BCUT2D eigenvalue weighted by Gasteiger charge is 2.36. The molecule has 0 aliphatic carbocycles. The molecular formula is C17H12N2O2. The summed E-state index contributed by atoms with van der Waals surface area (Å²) in [7, 11) is 0. The van der Waals surface area contributed by atoms with Gasteiger partial charge < -0.3 is 5.73 Å². The van der Waals surface area contributed by atoms with Crippen molar-refractivity contribution in [1.29, 1.82) is 0 Å². The number of rotatable bonds is 1. The van der Waals surface area contributed by atoms with Crippen LogP contribution in [0, 0.1) is 11.8 Å². The lowest BCUT2D eigenvalue weighted by Gasteiger charge is -2.15. The fourth-order valence-corrected chi connectivity index (χ4v) is 2.33. The van der Waals surface area contributed by atoms with Crippen LogP contribution in [0.2, 0.25) is 0 Å². The van der Waals surface area contributed by atoms with Crippen molar-refractivity contribution in [2.45, 2.75) is 0 Å². The molecule has 1 aliphatic heterocycles. The Bertz CT molecular complexity index is 765. The quantitative estimate of drug-likeness (QED) is 0.638. The zero-order valence-corrected chi connectivity index (χ0v) is 11.2. The van der Waals surface area contributed by atoms with Crippen LogP contribution in [0.5, 0.6) is 0 Å². The van der Waals surface area contributed by atoms with Gasteiger partial charge in [-0.1, -0.05) is 36.1 Å². The van der Waals surface area contributed by atoms with Crippen molar-refractivity contribution in [3.8, 4) is 11.8 Å². The molecule has 2 amide bonds. The topological polar surface area (TPSA) is 63.4 Å². The number of nitrogens with two attached hydrogens (primary N) is 1. The van der Waals surface area contributed by atoms with Crippen LogP contribution in [-0.4, -0.2) is 18.4 Å². The number of anilines is 1. The van der Waals surface area contributed by atoms with E-state index in [4.69, 9.17) is 5.73 Å². The van der Waals surface area contributed by atoms with Gasteiger partial charge >= 0.3 is 0 Å². The van der Waals surface area contributed by atoms with Crippen LogP contribution in [0.4, 0.5) is 5.69 Å². The number of fused-ring (bicyclic) bond motifs is 1. The van der Waals surface area contributed by atoms with Gasteiger partial charge in [0.25, 0.3) is 11.8 Å². The van der Waals surface area contributed by atoms with Crippen molar-refractivity contribution in [1.82, 2.24) is 0 Å². The minimum Gasteiger partial charge on any atom is -0.320 e. The van der Waals surface area contributed by atoms with Crippen LogP contribution in [0.25, 0.3) is 0 Å². The summed E-state index contributed by atoms with van der Waals surface area (Å²) in [4.78, 5) is 26.1. The number of para-hydroxylation sites is 1. The lowest BCUT2D eigenvalue weighted by atomic mass is 10.1. The molecule has 0 atom stereocenters. The van der Waals surface area contributed by atoms with Crippen LogP contribution in [0.1, 0.15) is 26.3 Å². The van der Waals surface area contributed by atoms with E-state index in [0.29, 0.717) is 22.4 Å². The number of hydrogen-bond acceptors (Lipinski definition) is 3. The summed E-state index contributed by atoms with van der Waals surface area (Å²) in [6.07, 6.45) is 0. The maximum Gasteiger partial charge on any atom is 0.266 e. The summed E-state index contributed by atoms with van der Waals surface area (Å²) in [6, 6.07) is 13.9. The minimum atomic E-state index is -0.322. The SMILES string of the molecule is NCC#Cc1ccccc1N1C(=O)c2ccccc2C1=O. The molecular weight excluding hydrogens is 264 g/mol. The summed E-state index contributed by atoms with van der Waals surface area (Å²) < 4.78 is 0. The van der Waals surface area contributed by atoms with Crippen molar-refractivity contribution in [2.75, 3.05) is 11.4 Å². The third-order valence-electron chi connectivity index (χ3n) is 3.26. The molecule has 4 nitrogen and oxygen atoms in total. The Labute approximate surface area is 122 Å². The second kappa shape index (κ2) is 5.23. The monoisotopic (exact) mass is 276 g/mol. The molecule has 0 unspecified atom stereocenters. The lowest BCUT2D eigenvalue weighted by Crippen LogP contribution is -2.30. The molecule has 102 valence electrons. The van der Waals surface area contributed by atoms with Crippen molar-refractivity contribution < 1.29 is 9.59 Å². The highest BCUT2D eigenvalue weighted by Crippen LogP contribution is 2.30. The first-order valence-electron chi connectivity index (χ1n) is 6.50. The summed E-state index contributed by atoms with van der Waals surface area (Å²) in [5.74, 6) is 5.00. The molecule has 0 bridgehead atoms. The first-order valence-corrected chi connectivity index (χ1v) is 6.50. The Balaban J connectivity index is 2.12. The Morgan fingerprint density at radius 3 is 2.10 bits per heavy atom. The molecule has 4 heteroatoms. The third kappa shape index (κ3) is 2.10. The van der Waals surface area contributed by atoms with Gasteiger partial charge in [-0.05, 0) is 24.3 Å². The first-order chi connectivity index (χ1) is 10.2. The van der Waals surface area contributed by atoms with Crippen molar-refractivity contribution in [3.05, 3.63) is 65.2 Å². The smallest absolute Gasteiger partial charge is 0.266 e. The molecule has 1 aliphatic rings. The second-order valence-electron chi connectivity index (χ2n) is 4.51. The normalized spacial score (nSPS) is 12.9. The minimum absolute atomic E-state index is 0.219. The van der Waals surface area contributed by atoms with Crippen LogP contribution >= 0.6 is 0 Å². The number of benzene rings is 2. The molecule has 0 fully saturated rings. The Hall–Kier alpha value is -2.90. The number of imide groups is 1. The van der Waals surface area contributed by atoms with Gasteiger partial charge in [-0.3, -0.25) is 9.59 Å². The van der Waals surface area contributed by atoms with Gasteiger partial charge in [-0.25, -0.2) is 4.90 Å².